The molecule has 0 amide bonds. The Balaban J connectivity index is 0.000000290. The molecule has 0 saturated heterocycles. The van der Waals surface area contributed by atoms with E-state index in [0.29, 0.717) is 0 Å². The highest BCUT2D eigenvalue weighted by Crippen LogP contribution is 2.42. The number of hydrogen-bond donors (Lipinski definition) is 0. The molecule has 0 N–H and O–H groups in total. The molecule has 0 spiro atoms. The molecular weight excluding hydrogens is 371 g/mol. The van der Waals surface area contributed by atoms with Crippen molar-refractivity contribution in [1.29, 1.82) is 0 Å². The minimum atomic E-state index is -0.0640. The van der Waals surface area contributed by atoms with Gasteiger partial charge in [0.05, 0.1) is 6.16 Å². The first kappa shape index (κ1) is 20.8. The van der Waals surface area contributed by atoms with Gasteiger partial charge >= 0.3 is 0 Å². The predicted octanol–water partition coefficient (Wildman–Crippen LogP) is 5.78. The molecule has 2 heteroatoms. The smallest absolute Gasteiger partial charge is 0.0541 e. The summed E-state index contributed by atoms with van der Waals surface area (Å²) in [6.07, 6.45) is 2.28. The molecule has 146 valence electrons. The Labute approximate surface area is 176 Å². The van der Waals surface area contributed by atoms with Crippen molar-refractivity contribution in [2.75, 3.05) is 6.16 Å². The molecule has 29 heavy (non-hydrogen) atoms. The molecule has 0 heterocycles. The highest BCUT2D eigenvalue weighted by Gasteiger charge is 2.35. The lowest BCUT2D eigenvalue weighted by Gasteiger charge is -2.35. The van der Waals surface area contributed by atoms with Gasteiger partial charge in [0, 0.05) is 5.41 Å². The normalized spacial score (nSPS) is 10.8. The largest absolute Gasteiger partial charge is 0.872 e. The van der Waals surface area contributed by atoms with Gasteiger partial charge in [-0.05, 0) is 32.4 Å². The van der Waals surface area contributed by atoms with E-state index < -0.39 is 0 Å². The van der Waals surface area contributed by atoms with E-state index in [1.165, 1.54) is 35.0 Å². The molecule has 0 aliphatic rings. The zero-order valence-electron chi connectivity index (χ0n) is 16.6. The molecule has 1 atom stereocenters. The second kappa shape index (κ2) is 10.6. The molecule has 4 aromatic carbocycles. The maximum Gasteiger partial charge on any atom is 0.0541 e. The van der Waals surface area contributed by atoms with Crippen molar-refractivity contribution in [3.63, 3.8) is 0 Å². The van der Waals surface area contributed by atoms with Crippen LogP contribution in [0.15, 0.2) is 121 Å². The van der Waals surface area contributed by atoms with Gasteiger partial charge in [0.25, 0.3) is 0 Å². The molecular formula is C27H27OP. The molecule has 0 aliphatic carbocycles. The third-order valence-corrected chi connectivity index (χ3v) is 5.45. The monoisotopic (exact) mass is 398 g/mol. The average molecular weight is 398 g/mol. The maximum absolute atomic E-state index is 10.3. The first-order valence-electron chi connectivity index (χ1n) is 9.95. The summed E-state index contributed by atoms with van der Waals surface area (Å²) in [6.45, 7) is 0. The van der Waals surface area contributed by atoms with E-state index in [1.807, 2.05) is 6.07 Å². The van der Waals surface area contributed by atoms with Crippen LogP contribution in [0.5, 0.6) is 5.75 Å². The second-order valence-corrected chi connectivity index (χ2v) is 7.63. The van der Waals surface area contributed by atoms with E-state index in [2.05, 4.69) is 100 Å². The van der Waals surface area contributed by atoms with Gasteiger partial charge in [0.1, 0.15) is 0 Å². The van der Waals surface area contributed by atoms with E-state index >= 15 is 0 Å². The quantitative estimate of drug-likeness (QED) is 0.309. The van der Waals surface area contributed by atoms with E-state index in [0.717, 1.165) is 6.42 Å². The first-order chi connectivity index (χ1) is 14.3. The van der Waals surface area contributed by atoms with Crippen LogP contribution in [-0.4, -0.2) is 6.16 Å². The SMILES string of the molecule is [O-]c1ccccc1.[PH3+]CCC(c1ccccc1)(c1ccccc1)c1ccccc1. The van der Waals surface area contributed by atoms with Crippen molar-refractivity contribution >= 4 is 9.24 Å². The lowest BCUT2D eigenvalue weighted by molar-refractivity contribution is -0.268. The Kier molecular flexibility index (Phi) is 7.61. The first-order valence-corrected chi connectivity index (χ1v) is 11.0. The summed E-state index contributed by atoms with van der Waals surface area (Å²) < 4.78 is 0. The number of benzene rings is 4. The highest BCUT2D eigenvalue weighted by molar-refractivity contribution is 7.16. The van der Waals surface area contributed by atoms with Gasteiger partial charge in [0.15, 0.2) is 0 Å². The van der Waals surface area contributed by atoms with Gasteiger partial charge in [0.2, 0.25) is 0 Å². The van der Waals surface area contributed by atoms with E-state index in [4.69, 9.17) is 0 Å². The summed E-state index contributed by atoms with van der Waals surface area (Å²) in [5.74, 6) is 0.0718. The van der Waals surface area contributed by atoms with Gasteiger partial charge in [-0.3, -0.25) is 0 Å². The zero-order valence-corrected chi connectivity index (χ0v) is 18.0. The van der Waals surface area contributed by atoms with Gasteiger partial charge in [-0.15, -0.1) is 5.75 Å². The fraction of sp³-hybridized carbons (Fsp3) is 0.111. The van der Waals surface area contributed by atoms with Crippen LogP contribution in [-0.2, 0) is 5.41 Å². The second-order valence-electron chi connectivity index (χ2n) is 6.92. The summed E-state index contributed by atoms with van der Waals surface area (Å²) in [5.41, 5.74) is 4.06. The Morgan fingerprint density at radius 3 is 1.07 bits per heavy atom. The van der Waals surface area contributed by atoms with Crippen LogP contribution >= 0.6 is 9.24 Å². The Morgan fingerprint density at radius 1 is 0.517 bits per heavy atom. The van der Waals surface area contributed by atoms with E-state index in [9.17, 15) is 5.11 Å². The molecule has 0 aromatic heterocycles. The summed E-state index contributed by atoms with van der Waals surface area (Å²) in [5, 5.41) is 10.3. The van der Waals surface area contributed by atoms with Crippen molar-refractivity contribution in [2.24, 2.45) is 0 Å². The zero-order chi connectivity index (χ0) is 20.4. The molecule has 1 unspecified atom stereocenters. The Morgan fingerprint density at radius 2 is 0.828 bits per heavy atom. The topological polar surface area (TPSA) is 23.1 Å². The number of hydrogen-bond acceptors (Lipinski definition) is 1. The summed E-state index contributed by atoms with van der Waals surface area (Å²) in [7, 11) is 2.06. The third-order valence-electron chi connectivity index (χ3n) is 5.09. The third kappa shape index (κ3) is 5.13. The number of rotatable bonds is 5. The van der Waals surface area contributed by atoms with Crippen LogP contribution in [0.4, 0.5) is 0 Å². The number of para-hydroxylation sites is 1. The predicted molar refractivity (Wildman–Crippen MR) is 126 cm³/mol. The lowest BCUT2D eigenvalue weighted by Crippen LogP contribution is -2.30. The lowest BCUT2D eigenvalue weighted by atomic mass is 9.68. The van der Waals surface area contributed by atoms with Gasteiger partial charge in [-0.1, -0.05) is 121 Å². The van der Waals surface area contributed by atoms with Crippen molar-refractivity contribution < 1.29 is 5.11 Å². The van der Waals surface area contributed by atoms with E-state index in [1.54, 1.807) is 12.1 Å². The summed E-state index contributed by atoms with van der Waals surface area (Å²) in [4.78, 5) is 0. The molecule has 0 bridgehead atoms. The summed E-state index contributed by atoms with van der Waals surface area (Å²) >= 11 is 0. The molecule has 1 nitrogen and oxygen atoms in total. The van der Waals surface area contributed by atoms with Crippen LogP contribution in [0.1, 0.15) is 23.1 Å². The van der Waals surface area contributed by atoms with Gasteiger partial charge in [-0.25, -0.2) is 0 Å². The van der Waals surface area contributed by atoms with Crippen molar-refractivity contribution in [3.05, 3.63) is 138 Å². The summed E-state index contributed by atoms with van der Waals surface area (Å²) in [6, 6.07) is 41.1. The fourth-order valence-corrected chi connectivity index (χ4v) is 4.32. The highest BCUT2D eigenvalue weighted by atomic mass is 31.0. The molecule has 0 saturated carbocycles. The van der Waals surface area contributed by atoms with E-state index in [-0.39, 0.29) is 11.2 Å². The molecule has 0 fully saturated rings. The molecule has 0 radical (unpaired) electrons. The van der Waals surface area contributed by atoms with Crippen LogP contribution in [0.25, 0.3) is 0 Å². The van der Waals surface area contributed by atoms with Crippen molar-refractivity contribution in [1.82, 2.24) is 0 Å². The molecule has 0 aliphatic heterocycles. The minimum Gasteiger partial charge on any atom is -0.872 e. The fourth-order valence-electron chi connectivity index (χ4n) is 3.79. The van der Waals surface area contributed by atoms with Crippen LogP contribution in [0.3, 0.4) is 0 Å². The van der Waals surface area contributed by atoms with Crippen LogP contribution < -0.4 is 5.11 Å². The average Bonchev–Trinajstić information content (AvgIpc) is 2.80. The van der Waals surface area contributed by atoms with Gasteiger partial charge in [-0.2, -0.15) is 0 Å². The minimum absolute atomic E-state index is 0.0640. The maximum atomic E-state index is 10.3. The standard InChI is InChI=1S/C21H21P.C6H6O/c22-17-16-21(18-10-4-1-5-11-18,19-12-6-2-7-13-19)20-14-8-3-9-15-20;7-6-4-2-1-3-5-6/h1-15H,16-17,22H2;1-5,7H. The molecule has 4 aromatic rings. The van der Waals surface area contributed by atoms with Crippen LogP contribution in [0, 0.1) is 0 Å². The Bertz CT molecular complexity index is 858. The van der Waals surface area contributed by atoms with Crippen molar-refractivity contribution in [3.8, 4) is 5.75 Å². The van der Waals surface area contributed by atoms with Crippen molar-refractivity contribution in [2.45, 2.75) is 11.8 Å². The Hall–Kier alpha value is -2.89. The molecule has 4 rings (SSSR count). The van der Waals surface area contributed by atoms with Gasteiger partial charge < -0.3 is 5.11 Å². The van der Waals surface area contributed by atoms with Crippen LogP contribution in [0.2, 0.25) is 0 Å².